The lowest BCUT2D eigenvalue weighted by molar-refractivity contribution is 0.608. The van der Waals surface area contributed by atoms with Crippen LogP contribution in [0.3, 0.4) is 0 Å². The van der Waals surface area contributed by atoms with Crippen LogP contribution < -0.4 is 5.32 Å². The molecule has 86 valence electrons. The maximum atomic E-state index is 13.5. The topological polar surface area (TPSA) is 12.0 Å². The normalized spacial score (nSPS) is 17.6. The molecule has 0 spiro atoms. The largest absolute Gasteiger partial charge is 0.378 e. The van der Waals surface area contributed by atoms with E-state index >= 15 is 0 Å². The molecule has 0 radical (unpaired) electrons. The minimum Gasteiger partial charge on any atom is -0.378 e. The monoisotopic (exact) mass is 231 g/mol. The zero-order valence-electron chi connectivity index (χ0n) is 9.08. The van der Waals surface area contributed by atoms with E-state index in [-0.39, 0.29) is 17.7 Å². The van der Waals surface area contributed by atoms with Gasteiger partial charge in [0.25, 0.3) is 0 Å². The van der Waals surface area contributed by atoms with E-state index in [1.807, 2.05) is 12.1 Å². The Morgan fingerprint density at radius 1 is 1.06 bits per heavy atom. The van der Waals surface area contributed by atoms with Gasteiger partial charge >= 0.3 is 0 Å². The van der Waals surface area contributed by atoms with E-state index in [0.717, 1.165) is 11.3 Å². The van der Waals surface area contributed by atoms with Gasteiger partial charge in [-0.1, -0.05) is 18.2 Å². The van der Waals surface area contributed by atoms with Crippen LogP contribution in [0.15, 0.2) is 42.5 Å². The van der Waals surface area contributed by atoms with Crippen molar-refractivity contribution in [2.45, 2.75) is 12.5 Å². The first-order valence-corrected chi connectivity index (χ1v) is 5.53. The molecule has 2 aromatic rings. The highest BCUT2D eigenvalue weighted by Gasteiger charge is 2.24. The van der Waals surface area contributed by atoms with Crippen LogP contribution in [0.2, 0.25) is 0 Å². The molecule has 1 aliphatic rings. The molecule has 0 saturated carbocycles. The Bertz CT molecular complexity index is 566. The Morgan fingerprint density at radius 3 is 2.65 bits per heavy atom. The quantitative estimate of drug-likeness (QED) is 0.789. The van der Waals surface area contributed by atoms with Crippen molar-refractivity contribution in [3.8, 4) is 0 Å². The fourth-order valence-electron chi connectivity index (χ4n) is 2.27. The molecule has 0 aromatic heterocycles. The van der Waals surface area contributed by atoms with Gasteiger partial charge in [0.1, 0.15) is 11.6 Å². The summed E-state index contributed by atoms with van der Waals surface area (Å²) in [6, 6.07) is 11.4. The van der Waals surface area contributed by atoms with Crippen molar-refractivity contribution in [1.29, 1.82) is 0 Å². The molecule has 0 aliphatic carbocycles. The summed E-state index contributed by atoms with van der Waals surface area (Å²) in [6.45, 7) is 0. The summed E-state index contributed by atoms with van der Waals surface area (Å²) in [4.78, 5) is 0. The van der Waals surface area contributed by atoms with Gasteiger partial charge in [-0.05, 0) is 29.8 Å². The van der Waals surface area contributed by atoms with Crippen LogP contribution in [0.1, 0.15) is 17.2 Å². The van der Waals surface area contributed by atoms with Crippen molar-refractivity contribution < 1.29 is 8.78 Å². The van der Waals surface area contributed by atoms with Crippen molar-refractivity contribution in [1.82, 2.24) is 0 Å². The Hall–Kier alpha value is -1.90. The summed E-state index contributed by atoms with van der Waals surface area (Å²) < 4.78 is 26.7. The molecule has 0 fully saturated rings. The van der Waals surface area contributed by atoms with Crippen LogP contribution in [0.25, 0.3) is 0 Å². The summed E-state index contributed by atoms with van der Waals surface area (Å²) >= 11 is 0. The predicted molar refractivity (Wildman–Crippen MR) is 62.9 cm³/mol. The van der Waals surface area contributed by atoms with Gasteiger partial charge in [0.15, 0.2) is 0 Å². The summed E-state index contributed by atoms with van der Waals surface area (Å²) in [7, 11) is 0. The molecule has 0 saturated heterocycles. The van der Waals surface area contributed by atoms with Crippen molar-refractivity contribution in [3.63, 3.8) is 0 Å². The molecule has 1 atom stereocenters. The van der Waals surface area contributed by atoms with E-state index in [0.29, 0.717) is 12.0 Å². The summed E-state index contributed by atoms with van der Waals surface area (Å²) in [5, 5.41) is 3.21. The molecular weight excluding hydrogens is 220 g/mol. The molecule has 2 aromatic carbocycles. The van der Waals surface area contributed by atoms with Crippen molar-refractivity contribution in [2.75, 3.05) is 5.32 Å². The summed E-state index contributed by atoms with van der Waals surface area (Å²) in [6.07, 6.45) is 0.561. The van der Waals surface area contributed by atoms with E-state index in [9.17, 15) is 8.78 Å². The van der Waals surface area contributed by atoms with Gasteiger partial charge in [0.05, 0.1) is 6.04 Å². The van der Waals surface area contributed by atoms with Crippen molar-refractivity contribution in [2.24, 2.45) is 0 Å². The number of hydrogen-bond donors (Lipinski definition) is 1. The zero-order valence-corrected chi connectivity index (χ0v) is 9.08. The highest BCUT2D eigenvalue weighted by molar-refractivity contribution is 5.58. The number of halogens is 2. The zero-order chi connectivity index (χ0) is 11.8. The molecule has 1 nitrogen and oxygen atoms in total. The molecule has 3 heteroatoms. The summed E-state index contributed by atoms with van der Waals surface area (Å²) in [5.41, 5.74) is 2.33. The van der Waals surface area contributed by atoms with Crippen LogP contribution in [0.4, 0.5) is 14.5 Å². The van der Waals surface area contributed by atoms with Crippen LogP contribution >= 0.6 is 0 Å². The maximum absolute atomic E-state index is 13.5. The molecule has 0 amide bonds. The third kappa shape index (κ3) is 1.78. The lowest BCUT2D eigenvalue weighted by Crippen LogP contribution is -2.05. The fourth-order valence-corrected chi connectivity index (χ4v) is 2.27. The van der Waals surface area contributed by atoms with Gasteiger partial charge in [-0.25, -0.2) is 8.78 Å². The highest BCUT2D eigenvalue weighted by atomic mass is 19.1. The van der Waals surface area contributed by atoms with E-state index in [4.69, 9.17) is 0 Å². The van der Waals surface area contributed by atoms with Crippen LogP contribution in [-0.2, 0) is 6.42 Å². The Balaban J connectivity index is 1.94. The molecule has 1 heterocycles. The maximum Gasteiger partial charge on any atom is 0.128 e. The van der Waals surface area contributed by atoms with Gasteiger partial charge in [-0.2, -0.15) is 0 Å². The van der Waals surface area contributed by atoms with Crippen LogP contribution in [-0.4, -0.2) is 0 Å². The third-order valence-electron chi connectivity index (χ3n) is 3.11. The van der Waals surface area contributed by atoms with Gasteiger partial charge in [0, 0.05) is 17.7 Å². The molecule has 17 heavy (non-hydrogen) atoms. The van der Waals surface area contributed by atoms with Crippen LogP contribution in [0.5, 0.6) is 0 Å². The number of benzene rings is 2. The molecular formula is C14H11F2N. The van der Waals surface area contributed by atoms with Crippen molar-refractivity contribution >= 4 is 5.69 Å². The Labute approximate surface area is 98.1 Å². The first-order valence-electron chi connectivity index (χ1n) is 5.53. The molecule has 0 bridgehead atoms. The highest BCUT2D eigenvalue weighted by Crippen LogP contribution is 2.35. The van der Waals surface area contributed by atoms with E-state index in [1.165, 1.54) is 18.2 Å². The number of rotatable bonds is 1. The summed E-state index contributed by atoms with van der Waals surface area (Å²) in [5.74, 6) is -0.463. The van der Waals surface area contributed by atoms with E-state index < -0.39 is 0 Å². The standard InChI is InChI=1S/C14H11F2N/c15-10-4-1-3-9(7-10)14-8-11-12(16)5-2-6-13(11)17-14/h1-7,14,17H,8H2. The average molecular weight is 231 g/mol. The molecule has 1 aliphatic heterocycles. The number of fused-ring (bicyclic) bond motifs is 1. The average Bonchev–Trinajstić information content (AvgIpc) is 2.74. The van der Waals surface area contributed by atoms with Gasteiger partial charge < -0.3 is 5.32 Å². The molecule has 1 unspecified atom stereocenters. The smallest absolute Gasteiger partial charge is 0.128 e. The second-order valence-corrected chi connectivity index (χ2v) is 4.22. The predicted octanol–water partition coefficient (Wildman–Crippen LogP) is 3.67. The minimum absolute atomic E-state index is 0.0439. The second-order valence-electron chi connectivity index (χ2n) is 4.22. The Kier molecular flexibility index (Phi) is 2.32. The lowest BCUT2D eigenvalue weighted by Gasteiger charge is -2.11. The van der Waals surface area contributed by atoms with Gasteiger partial charge in [-0.15, -0.1) is 0 Å². The SMILES string of the molecule is Fc1cccc(C2Cc3c(F)cccc3N2)c1. The van der Waals surface area contributed by atoms with Crippen molar-refractivity contribution in [3.05, 3.63) is 65.2 Å². The van der Waals surface area contributed by atoms with Gasteiger partial charge in [0.2, 0.25) is 0 Å². The fraction of sp³-hybridized carbons (Fsp3) is 0.143. The number of anilines is 1. The molecule has 1 N–H and O–H groups in total. The third-order valence-corrected chi connectivity index (χ3v) is 3.11. The number of nitrogens with one attached hydrogen (secondary N) is 1. The Morgan fingerprint density at radius 2 is 1.88 bits per heavy atom. The minimum atomic E-state index is -0.263. The van der Waals surface area contributed by atoms with E-state index in [2.05, 4.69) is 5.32 Å². The molecule has 3 rings (SSSR count). The first kappa shape index (κ1) is 10.3. The second kappa shape index (κ2) is 3.84. The first-order chi connectivity index (χ1) is 8.24. The van der Waals surface area contributed by atoms with Crippen LogP contribution in [0, 0.1) is 11.6 Å². The van der Waals surface area contributed by atoms with E-state index in [1.54, 1.807) is 12.1 Å². The van der Waals surface area contributed by atoms with Gasteiger partial charge in [-0.3, -0.25) is 0 Å². The number of hydrogen-bond acceptors (Lipinski definition) is 1. The lowest BCUT2D eigenvalue weighted by atomic mass is 10.0.